The third-order valence-electron chi connectivity index (χ3n) is 5.59. The lowest BCUT2D eigenvalue weighted by molar-refractivity contribution is 0.0514. The van der Waals surface area contributed by atoms with Gasteiger partial charge in [0, 0.05) is 22.9 Å². The molecule has 0 radical (unpaired) electrons. The van der Waals surface area contributed by atoms with Crippen molar-refractivity contribution >= 4 is 33.7 Å². The number of esters is 2. The van der Waals surface area contributed by atoms with Crippen molar-refractivity contribution in [3.63, 3.8) is 0 Å². The standard InChI is InChI=1S/2C13H11F2NO3/c2*1-3-19-13(18)11-6(2)7-4-8(14)9(15)5-10(7)16-12(11)17/h2*4-5H,3H2,1-2H3,(H,16,17). The first-order valence-corrected chi connectivity index (χ1v) is 11.3. The van der Waals surface area contributed by atoms with Gasteiger partial charge in [-0.2, -0.15) is 0 Å². The number of rotatable bonds is 4. The number of fused-ring (bicyclic) bond motifs is 2. The zero-order chi connectivity index (χ0) is 28.3. The summed E-state index contributed by atoms with van der Waals surface area (Å²) in [4.78, 5) is 51.6. The summed E-state index contributed by atoms with van der Waals surface area (Å²) in [6.45, 7) is 6.43. The number of ether oxygens (including phenoxy) is 2. The fourth-order valence-electron chi connectivity index (χ4n) is 3.80. The summed E-state index contributed by atoms with van der Waals surface area (Å²) in [6, 6.07) is 3.65. The normalized spacial score (nSPS) is 10.7. The average Bonchev–Trinajstić information content (AvgIpc) is 2.83. The Kier molecular flexibility index (Phi) is 8.34. The van der Waals surface area contributed by atoms with Crippen LogP contribution in [0.15, 0.2) is 33.9 Å². The van der Waals surface area contributed by atoms with E-state index in [-0.39, 0.29) is 57.3 Å². The molecule has 8 nitrogen and oxygen atoms in total. The molecule has 0 fully saturated rings. The Morgan fingerprint density at radius 3 is 1.29 bits per heavy atom. The number of halogens is 4. The first-order chi connectivity index (χ1) is 17.9. The molecule has 2 N–H and O–H groups in total. The van der Waals surface area contributed by atoms with Gasteiger partial charge in [0.05, 0.1) is 24.2 Å². The summed E-state index contributed by atoms with van der Waals surface area (Å²) in [5.41, 5.74) is -0.972. The zero-order valence-electron chi connectivity index (χ0n) is 20.7. The van der Waals surface area contributed by atoms with Gasteiger partial charge in [-0.25, -0.2) is 27.2 Å². The maximum Gasteiger partial charge on any atom is 0.344 e. The number of pyridine rings is 2. The SMILES string of the molecule is CCOC(=O)c1c(C)c2cc(F)c(F)cc2[nH]c1=O.CCOC(=O)c1c(C)c2cc(F)c(F)cc2[nH]c1=O. The number of nitrogens with one attached hydrogen (secondary N) is 2. The quantitative estimate of drug-likeness (QED) is 0.292. The van der Waals surface area contributed by atoms with Crippen LogP contribution in [0.2, 0.25) is 0 Å². The zero-order valence-corrected chi connectivity index (χ0v) is 20.7. The fourth-order valence-corrected chi connectivity index (χ4v) is 3.80. The van der Waals surface area contributed by atoms with Gasteiger partial charge in [0.15, 0.2) is 23.3 Å². The van der Waals surface area contributed by atoms with Crippen LogP contribution in [0.25, 0.3) is 21.8 Å². The van der Waals surface area contributed by atoms with Crippen molar-refractivity contribution in [3.05, 3.63) is 90.5 Å². The predicted molar refractivity (Wildman–Crippen MR) is 130 cm³/mol. The fraction of sp³-hybridized carbons (Fsp3) is 0.231. The first kappa shape index (κ1) is 28.1. The number of carbonyl (C=O) groups excluding carboxylic acids is 2. The lowest BCUT2D eigenvalue weighted by Crippen LogP contribution is -2.22. The van der Waals surface area contributed by atoms with E-state index in [2.05, 4.69) is 9.97 Å². The van der Waals surface area contributed by atoms with E-state index in [1.807, 2.05) is 0 Å². The Morgan fingerprint density at radius 2 is 0.974 bits per heavy atom. The lowest BCUT2D eigenvalue weighted by atomic mass is 10.0. The molecule has 0 aliphatic rings. The number of aryl methyl sites for hydroxylation is 2. The number of carbonyl (C=O) groups is 2. The van der Waals surface area contributed by atoms with Crippen molar-refractivity contribution in [2.45, 2.75) is 27.7 Å². The summed E-state index contributed by atoms with van der Waals surface area (Å²) in [5.74, 6) is -5.78. The smallest absolute Gasteiger partial charge is 0.344 e. The predicted octanol–water partition coefficient (Wildman–Crippen LogP) is 4.58. The molecule has 12 heteroatoms. The first-order valence-electron chi connectivity index (χ1n) is 11.3. The van der Waals surface area contributed by atoms with Crippen LogP contribution in [-0.2, 0) is 9.47 Å². The van der Waals surface area contributed by atoms with Gasteiger partial charge in [-0.05, 0) is 51.0 Å². The highest BCUT2D eigenvalue weighted by atomic mass is 19.2. The van der Waals surface area contributed by atoms with Gasteiger partial charge >= 0.3 is 11.9 Å². The molecule has 0 saturated heterocycles. The Morgan fingerprint density at radius 1 is 0.658 bits per heavy atom. The van der Waals surface area contributed by atoms with E-state index in [0.717, 1.165) is 24.3 Å². The molecule has 2 aromatic heterocycles. The molecule has 2 aromatic carbocycles. The molecular weight excluding hydrogens is 512 g/mol. The second-order valence-electron chi connectivity index (χ2n) is 7.97. The minimum absolute atomic E-state index is 0.119. The van der Waals surface area contributed by atoms with Crippen molar-refractivity contribution in [2.24, 2.45) is 0 Å². The number of benzene rings is 2. The maximum atomic E-state index is 13.2. The van der Waals surface area contributed by atoms with Crippen LogP contribution in [0, 0.1) is 37.1 Å². The van der Waals surface area contributed by atoms with Crippen LogP contribution in [0.3, 0.4) is 0 Å². The van der Waals surface area contributed by atoms with E-state index in [4.69, 9.17) is 9.47 Å². The van der Waals surface area contributed by atoms with Crippen LogP contribution in [0.1, 0.15) is 45.7 Å². The van der Waals surface area contributed by atoms with E-state index in [1.165, 1.54) is 13.8 Å². The van der Waals surface area contributed by atoms with Crippen LogP contribution in [-0.4, -0.2) is 35.1 Å². The largest absolute Gasteiger partial charge is 0.462 e. The number of hydrogen-bond acceptors (Lipinski definition) is 6. The van der Waals surface area contributed by atoms with Gasteiger partial charge in [0.2, 0.25) is 0 Å². The number of hydrogen-bond donors (Lipinski definition) is 2. The van der Waals surface area contributed by atoms with Gasteiger partial charge in [0.25, 0.3) is 11.1 Å². The van der Waals surface area contributed by atoms with Crippen molar-refractivity contribution in [3.8, 4) is 0 Å². The molecule has 0 saturated carbocycles. The molecule has 4 aromatic rings. The summed E-state index contributed by atoms with van der Waals surface area (Å²) in [7, 11) is 0. The Labute approximate surface area is 212 Å². The van der Waals surface area contributed by atoms with Gasteiger partial charge < -0.3 is 19.4 Å². The monoisotopic (exact) mass is 534 g/mol. The highest BCUT2D eigenvalue weighted by Crippen LogP contribution is 2.22. The second kappa shape index (κ2) is 11.3. The summed E-state index contributed by atoms with van der Waals surface area (Å²) < 4.78 is 62.2. The lowest BCUT2D eigenvalue weighted by Gasteiger charge is -2.08. The molecule has 0 spiro atoms. The summed E-state index contributed by atoms with van der Waals surface area (Å²) in [6.07, 6.45) is 0. The number of aromatic amines is 2. The Hall–Kier alpha value is -4.48. The van der Waals surface area contributed by atoms with Crippen molar-refractivity contribution in [1.82, 2.24) is 9.97 Å². The molecular formula is C26H22F4N2O6. The minimum atomic E-state index is -1.06. The van der Waals surface area contributed by atoms with E-state index >= 15 is 0 Å². The highest BCUT2D eigenvalue weighted by Gasteiger charge is 2.20. The third-order valence-corrected chi connectivity index (χ3v) is 5.59. The molecule has 0 aliphatic carbocycles. The molecule has 0 unspecified atom stereocenters. The maximum absolute atomic E-state index is 13.2. The summed E-state index contributed by atoms with van der Waals surface area (Å²) >= 11 is 0. The van der Waals surface area contributed by atoms with Crippen LogP contribution < -0.4 is 11.1 Å². The topological polar surface area (TPSA) is 118 Å². The van der Waals surface area contributed by atoms with Crippen molar-refractivity contribution in [2.75, 3.05) is 13.2 Å². The van der Waals surface area contributed by atoms with Crippen LogP contribution in [0.4, 0.5) is 17.6 Å². The highest BCUT2D eigenvalue weighted by molar-refractivity contribution is 5.97. The van der Waals surface area contributed by atoms with E-state index in [1.54, 1.807) is 13.8 Å². The third kappa shape index (κ3) is 5.43. The molecule has 38 heavy (non-hydrogen) atoms. The van der Waals surface area contributed by atoms with Gasteiger partial charge in [-0.15, -0.1) is 0 Å². The van der Waals surface area contributed by atoms with Crippen LogP contribution in [0.5, 0.6) is 0 Å². The molecule has 4 rings (SSSR count). The molecule has 200 valence electrons. The van der Waals surface area contributed by atoms with Crippen molar-refractivity contribution in [1.29, 1.82) is 0 Å². The minimum Gasteiger partial charge on any atom is -0.462 e. The molecule has 0 aliphatic heterocycles. The number of aromatic nitrogens is 2. The average molecular weight is 534 g/mol. The van der Waals surface area contributed by atoms with E-state index in [0.29, 0.717) is 0 Å². The van der Waals surface area contributed by atoms with E-state index in [9.17, 15) is 36.7 Å². The molecule has 0 amide bonds. The van der Waals surface area contributed by atoms with Gasteiger partial charge in [-0.1, -0.05) is 0 Å². The second-order valence-corrected chi connectivity index (χ2v) is 7.97. The van der Waals surface area contributed by atoms with E-state index < -0.39 is 46.3 Å². The van der Waals surface area contributed by atoms with Gasteiger partial charge in [0.1, 0.15) is 11.1 Å². The molecule has 0 bridgehead atoms. The molecule has 2 heterocycles. The van der Waals surface area contributed by atoms with Crippen LogP contribution >= 0.6 is 0 Å². The number of H-pyrrole nitrogens is 2. The Bertz CT molecular complexity index is 1570. The summed E-state index contributed by atoms with van der Waals surface area (Å²) in [5, 5.41) is 0.531. The Balaban J connectivity index is 0.000000211. The molecule has 0 atom stereocenters. The van der Waals surface area contributed by atoms with Crippen molar-refractivity contribution < 1.29 is 36.6 Å². The van der Waals surface area contributed by atoms with Gasteiger partial charge in [-0.3, -0.25) is 9.59 Å².